The second-order valence-electron chi connectivity index (χ2n) is 6.02. The number of sulfonamides is 1. The first-order chi connectivity index (χ1) is 12.9. The lowest BCUT2D eigenvalue weighted by Gasteiger charge is -2.12. The Morgan fingerprint density at radius 3 is 2.44 bits per heavy atom. The van der Waals surface area contributed by atoms with Gasteiger partial charge in [0.25, 0.3) is 0 Å². The van der Waals surface area contributed by atoms with Crippen LogP contribution < -0.4 is 14.8 Å². The Bertz CT molecular complexity index is 906. The van der Waals surface area contributed by atoms with E-state index in [0.29, 0.717) is 17.9 Å². The smallest absolute Gasteiger partial charge is 0.248 e. The zero-order valence-electron chi connectivity index (χ0n) is 15.6. The molecule has 1 unspecified atom stereocenters. The molecule has 0 aliphatic carbocycles. The molecule has 2 rings (SSSR count). The predicted octanol–water partition coefficient (Wildman–Crippen LogP) is 3.42. The topological polar surface area (TPSA) is 84.5 Å². The SMILES string of the molecule is CCC(C)NS(=O)(=O)c1ccc(NC(=O)/C=C/c2ccccc2OC)cc1. The maximum absolute atomic E-state index is 12.2. The Kier molecular flexibility index (Phi) is 7.15. The molecule has 7 heteroatoms. The van der Waals surface area contributed by atoms with Gasteiger partial charge in [0.2, 0.25) is 15.9 Å². The normalized spacial score (nSPS) is 12.7. The van der Waals surface area contributed by atoms with Gasteiger partial charge in [-0.2, -0.15) is 0 Å². The summed E-state index contributed by atoms with van der Waals surface area (Å²) in [5, 5.41) is 2.70. The second-order valence-corrected chi connectivity index (χ2v) is 7.73. The van der Waals surface area contributed by atoms with Gasteiger partial charge in [-0.3, -0.25) is 4.79 Å². The van der Waals surface area contributed by atoms with Crippen LogP contribution in [0.25, 0.3) is 6.08 Å². The lowest BCUT2D eigenvalue weighted by atomic mass is 10.2. The van der Waals surface area contributed by atoms with E-state index in [1.807, 2.05) is 31.2 Å². The van der Waals surface area contributed by atoms with E-state index < -0.39 is 10.0 Å². The molecule has 27 heavy (non-hydrogen) atoms. The molecule has 0 saturated carbocycles. The van der Waals surface area contributed by atoms with Crippen molar-refractivity contribution >= 4 is 27.7 Å². The van der Waals surface area contributed by atoms with Gasteiger partial charge in [-0.15, -0.1) is 0 Å². The summed E-state index contributed by atoms with van der Waals surface area (Å²) < 4.78 is 32.3. The first-order valence-corrected chi connectivity index (χ1v) is 10.1. The van der Waals surface area contributed by atoms with Crippen molar-refractivity contribution in [1.29, 1.82) is 0 Å². The van der Waals surface area contributed by atoms with Gasteiger partial charge in [-0.25, -0.2) is 13.1 Å². The summed E-state index contributed by atoms with van der Waals surface area (Å²) in [7, 11) is -1.99. The number of para-hydroxylation sites is 1. The van der Waals surface area contributed by atoms with Gasteiger partial charge < -0.3 is 10.1 Å². The van der Waals surface area contributed by atoms with Gasteiger partial charge in [-0.1, -0.05) is 25.1 Å². The van der Waals surface area contributed by atoms with Gasteiger partial charge in [0.1, 0.15) is 5.75 Å². The van der Waals surface area contributed by atoms with Crippen molar-refractivity contribution in [3.8, 4) is 5.75 Å². The first kappa shape index (κ1) is 20.7. The highest BCUT2D eigenvalue weighted by atomic mass is 32.2. The summed E-state index contributed by atoms with van der Waals surface area (Å²) in [6, 6.07) is 13.2. The number of hydrogen-bond acceptors (Lipinski definition) is 4. The van der Waals surface area contributed by atoms with E-state index in [1.54, 1.807) is 32.2 Å². The van der Waals surface area contributed by atoms with E-state index in [4.69, 9.17) is 4.74 Å². The van der Waals surface area contributed by atoms with Crippen LogP contribution in [-0.4, -0.2) is 27.5 Å². The van der Waals surface area contributed by atoms with Gasteiger partial charge in [0.15, 0.2) is 0 Å². The standard InChI is InChI=1S/C20H24N2O4S/c1-4-15(2)22-27(24,25)18-12-10-17(11-13-18)21-20(23)14-9-16-7-5-6-8-19(16)26-3/h5-15,22H,4H2,1-3H3,(H,21,23)/b14-9+. The molecular formula is C20H24N2O4S. The number of nitrogens with one attached hydrogen (secondary N) is 2. The minimum absolute atomic E-state index is 0.144. The maximum atomic E-state index is 12.2. The maximum Gasteiger partial charge on any atom is 0.248 e. The van der Waals surface area contributed by atoms with Crippen LogP contribution in [0.5, 0.6) is 5.75 Å². The molecule has 0 heterocycles. The summed E-state index contributed by atoms with van der Waals surface area (Å²) in [5.74, 6) is 0.346. The fourth-order valence-corrected chi connectivity index (χ4v) is 3.61. The van der Waals surface area contributed by atoms with E-state index in [2.05, 4.69) is 10.0 Å². The summed E-state index contributed by atoms with van der Waals surface area (Å²) >= 11 is 0. The number of carbonyl (C=O) groups excluding carboxylic acids is 1. The molecule has 2 N–H and O–H groups in total. The van der Waals surface area contributed by atoms with E-state index in [1.165, 1.54) is 18.2 Å². The van der Waals surface area contributed by atoms with Crippen molar-refractivity contribution in [1.82, 2.24) is 4.72 Å². The molecule has 0 aliphatic heterocycles. The molecule has 0 saturated heterocycles. The van der Waals surface area contributed by atoms with Gasteiger partial charge >= 0.3 is 0 Å². The summed E-state index contributed by atoms with van der Waals surface area (Å²) in [4.78, 5) is 12.2. The number of amides is 1. The van der Waals surface area contributed by atoms with E-state index in [-0.39, 0.29) is 16.8 Å². The Morgan fingerprint density at radius 1 is 1.15 bits per heavy atom. The molecule has 2 aromatic rings. The van der Waals surface area contributed by atoms with Gasteiger partial charge in [0, 0.05) is 23.4 Å². The molecular weight excluding hydrogens is 364 g/mol. The van der Waals surface area contributed by atoms with Crippen LogP contribution in [-0.2, 0) is 14.8 Å². The highest BCUT2D eigenvalue weighted by molar-refractivity contribution is 7.89. The highest BCUT2D eigenvalue weighted by Gasteiger charge is 2.16. The molecule has 0 aromatic heterocycles. The molecule has 0 aliphatic rings. The van der Waals surface area contributed by atoms with E-state index in [0.717, 1.165) is 5.56 Å². The molecule has 0 radical (unpaired) electrons. The first-order valence-electron chi connectivity index (χ1n) is 8.60. The second kappa shape index (κ2) is 9.34. The Morgan fingerprint density at radius 2 is 1.81 bits per heavy atom. The highest BCUT2D eigenvalue weighted by Crippen LogP contribution is 2.19. The number of methoxy groups -OCH3 is 1. The summed E-state index contributed by atoms with van der Waals surface area (Å²) in [5.41, 5.74) is 1.29. The minimum atomic E-state index is -3.56. The molecule has 0 spiro atoms. The van der Waals surface area contributed by atoms with Crippen LogP contribution in [0.2, 0.25) is 0 Å². The van der Waals surface area contributed by atoms with E-state index in [9.17, 15) is 13.2 Å². The molecule has 0 fully saturated rings. The zero-order chi connectivity index (χ0) is 19.9. The fourth-order valence-electron chi connectivity index (χ4n) is 2.29. The number of carbonyl (C=O) groups is 1. The average Bonchev–Trinajstić information content (AvgIpc) is 2.66. The average molecular weight is 388 g/mol. The molecule has 2 aromatic carbocycles. The van der Waals surface area contributed by atoms with Crippen molar-refractivity contribution in [2.45, 2.75) is 31.2 Å². The fraction of sp³-hybridized carbons (Fsp3) is 0.250. The summed E-state index contributed by atoms with van der Waals surface area (Å²) in [6.45, 7) is 3.71. The Labute approximate surface area is 160 Å². The molecule has 144 valence electrons. The zero-order valence-corrected chi connectivity index (χ0v) is 16.4. The number of rotatable bonds is 8. The Balaban J connectivity index is 2.04. The number of ether oxygens (including phenoxy) is 1. The van der Waals surface area contributed by atoms with Crippen molar-refractivity contribution in [2.75, 3.05) is 12.4 Å². The lowest BCUT2D eigenvalue weighted by Crippen LogP contribution is -2.31. The van der Waals surface area contributed by atoms with Crippen LogP contribution in [0.1, 0.15) is 25.8 Å². The molecule has 6 nitrogen and oxygen atoms in total. The number of benzene rings is 2. The van der Waals surface area contributed by atoms with Crippen LogP contribution >= 0.6 is 0 Å². The van der Waals surface area contributed by atoms with Crippen molar-refractivity contribution < 1.29 is 17.9 Å². The van der Waals surface area contributed by atoms with Crippen molar-refractivity contribution in [3.05, 3.63) is 60.2 Å². The number of anilines is 1. The quantitative estimate of drug-likeness (QED) is 0.679. The molecule has 1 amide bonds. The lowest BCUT2D eigenvalue weighted by molar-refractivity contribution is -0.111. The molecule has 1 atom stereocenters. The molecule has 0 bridgehead atoms. The number of hydrogen-bond donors (Lipinski definition) is 2. The largest absolute Gasteiger partial charge is 0.496 e. The van der Waals surface area contributed by atoms with Gasteiger partial charge in [0.05, 0.1) is 12.0 Å². The van der Waals surface area contributed by atoms with Gasteiger partial charge in [-0.05, 0) is 49.8 Å². The van der Waals surface area contributed by atoms with Crippen LogP contribution in [0, 0.1) is 0 Å². The van der Waals surface area contributed by atoms with Crippen LogP contribution in [0.3, 0.4) is 0 Å². The monoisotopic (exact) mass is 388 g/mol. The van der Waals surface area contributed by atoms with E-state index >= 15 is 0 Å². The summed E-state index contributed by atoms with van der Waals surface area (Å²) in [6.07, 6.45) is 3.75. The third-order valence-corrected chi connectivity index (χ3v) is 5.56. The van der Waals surface area contributed by atoms with Crippen LogP contribution in [0.4, 0.5) is 5.69 Å². The van der Waals surface area contributed by atoms with Crippen molar-refractivity contribution in [3.63, 3.8) is 0 Å². The van der Waals surface area contributed by atoms with Crippen LogP contribution in [0.15, 0.2) is 59.5 Å². The third-order valence-electron chi connectivity index (χ3n) is 3.95. The Hall–Kier alpha value is -2.64. The predicted molar refractivity (Wildman–Crippen MR) is 107 cm³/mol. The minimum Gasteiger partial charge on any atom is -0.496 e. The third kappa shape index (κ3) is 5.94. The van der Waals surface area contributed by atoms with Crippen molar-refractivity contribution in [2.24, 2.45) is 0 Å².